The highest BCUT2D eigenvalue weighted by Gasteiger charge is 2.33. The number of hydrazone groups is 1. The number of carbonyl (C=O) groups is 1. The van der Waals surface area contributed by atoms with Crippen molar-refractivity contribution in [3.63, 3.8) is 0 Å². The number of halogens is 1. The average molecular weight is 521 g/mol. The molecule has 3 heterocycles. The number of piperidine rings is 1. The summed E-state index contributed by atoms with van der Waals surface area (Å²) in [5.41, 5.74) is 10.6. The van der Waals surface area contributed by atoms with Gasteiger partial charge in [-0.1, -0.05) is 35.9 Å². The smallest absolute Gasteiger partial charge is 0.258 e. The van der Waals surface area contributed by atoms with Gasteiger partial charge in [-0.3, -0.25) is 16.4 Å². The van der Waals surface area contributed by atoms with Crippen LogP contribution in [0.1, 0.15) is 42.0 Å². The minimum Gasteiger partial charge on any atom is -0.618 e. The fourth-order valence-corrected chi connectivity index (χ4v) is 5.26. The molecule has 0 radical (unpaired) electrons. The number of rotatable bonds is 6. The number of aromatic nitrogens is 1. The van der Waals surface area contributed by atoms with Crippen molar-refractivity contribution in [2.75, 3.05) is 19.7 Å². The molecule has 2 aliphatic rings. The lowest BCUT2D eigenvalue weighted by molar-refractivity contribution is -0.613. The van der Waals surface area contributed by atoms with Crippen molar-refractivity contribution in [3.05, 3.63) is 87.8 Å². The summed E-state index contributed by atoms with van der Waals surface area (Å²) in [4.78, 5) is 14.4. The third-order valence-corrected chi connectivity index (χ3v) is 7.53. The summed E-state index contributed by atoms with van der Waals surface area (Å²) in [6.45, 7) is 2.19. The first-order valence-electron chi connectivity index (χ1n) is 12.5. The third kappa shape index (κ3) is 5.40. The maximum atomic E-state index is 13.0. The monoisotopic (exact) mass is 520 g/mol. The Hall–Kier alpha value is -3.62. The van der Waals surface area contributed by atoms with E-state index in [-0.39, 0.29) is 12.0 Å². The molecule has 2 aliphatic heterocycles. The van der Waals surface area contributed by atoms with Crippen molar-refractivity contribution in [1.82, 2.24) is 4.90 Å². The Morgan fingerprint density at radius 1 is 1.16 bits per heavy atom. The van der Waals surface area contributed by atoms with Crippen molar-refractivity contribution in [2.24, 2.45) is 11.6 Å². The zero-order valence-electron chi connectivity index (χ0n) is 20.6. The first-order chi connectivity index (χ1) is 17.9. The fraction of sp³-hybridized carbons (Fsp3) is 0.321. The first kappa shape index (κ1) is 25.0. The maximum Gasteiger partial charge on any atom is 0.258 e. The second-order valence-electron chi connectivity index (χ2n) is 9.62. The van der Waals surface area contributed by atoms with Gasteiger partial charge >= 0.3 is 0 Å². The van der Waals surface area contributed by atoms with E-state index in [2.05, 4.69) is 12.1 Å². The normalized spacial score (nSPS) is 18.5. The summed E-state index contributed by atoms with van der Waals surface area (Å²) in [6, 6.07) is 17.4. The Bertz CT molecular complexity index is 1330. The molecular weight excluding hydrogens is 490 g/mol. The van der Waals surface area contributed by atoms with E-state index in [0.29, 0.717) is 46.5 Å². The number of ether oxygens (including phenoxy) is 1. The van der Waals surface area contributed by atoms with Gasteiger partial charge in [-0.15, -0.1) is 4.68 Å². The predicted octanol–water partition coefficient (Wildman–Crippen LogP) is 3.23. The second-order valence-corrected chi connectivity index (χ2v) is 10.1. The van der Waals surface area contributed by atoms with E-state index in [1.165, 1.54) is 22.8 Å². The SMILES string of the molecule is NC=[N+](N)c1ccc(Cl)cc1-c1ccc(Cc2cccc(C3CCN(C(=O)C4CCO4)CC3)c2)[n+]([O-])c1. The third-order valence-electron chi connectivity index (χ3n) is 7.29. The Kier molecular flexibility index (Phi) is 7.30. The molecule has 1 aromatic heterocycles. The van der Waals surface area contributed by atoms with Gasteiger partial charge in [-0.2, -0.15) is 4.73 Å². The molecule has 0 spiro atoms. The number of hydrazine groups is 1. The van der Waals surface area contributed by atoms with Crippen molar-refractivity contribution in [2.45, 2.75) is 37.7 Å². The highest BCUT2D eigenvalue weighted by Crippen LogP contribution is 2.32. The summed E-state index contributed by atoms with van der Waals surface area (Å²) in [5.74, 6) is 6.50. The molecule has 0 saturated carbocycles. The summed E-state index contributed by atoms with van der Waals surface area (Å²) in [7, 11) is 0. The Morgan fingerprint density at radius 3 is 2.62 bits per heavy atom. The topological polar surface area (TPSA) is 112 Å². The van der Waals surface area contributed by atoms with Crippen LogP contribution in [0.25, 0.3) is 11.1 Å². The van der Waals surface area contributed by atoms with Gasteiger partial charge in [0.15, 0.2) is 17.6 Å². The number of amides is 1. The first-order valence-corrected chi connectivity index (χ1v) is 12.9. The molecule has 5 rings (SSSR count). The number of nitrogens with two attached hydrogens (primary N) is 2. The van der Waals surface area contributed by atoms with Gasteiger partial charge in [0.05, 0.1) is 18.6 Å². The van der Waals surface area contributed by atoms with Crippen LogP contribution in [0.5, 0.6) is 0 Å². The number of pyridine rings is 1. The van der Waals surface area contributed by atoms with E-state index in [1.807, 2.05) is 29.2 Å². The Labute approximate surface area is 221 Å². The van der Waals surface area contributed by atoms with Gasteiger partial charge in [0, 0.05) is 36.2 Å². The zero-order valence-corrected chi connectivity index (χ0v) is 21.3. The zero-order chi connectivity index (χ0) is 25.9. The Morgan fingerprint density at radius 2 is 1.95 bits per heavy atom. The maximum absolute atomic E-state index is 13.0. The highest BCUT2D eigenvalue weighted by atomic mass is 35.5. The van der Waals surface area contributed by atoms with Crippen LogP contribution in [-0.4, -0.2) is 47.6 Å². The number of hydrogen-bond donors (Lipinski definition) is 2. The Balaban J connectivity index is 1.29. The molecule has 2 saturated heterocycles. The molecule has 37 heavy (non-hydrogen) atoms. The fourth-order valence-electron chi connectivity index (χ4n) is 5.09. The minimum absolute atomic E-state index is 0.132. The molecule has 1 atom stereocenters. The van der Waals surface area contributed by atoms with Crippen molar-refractivity contribution < 1.29 is 18.9 Å². The van der Waals surface area contributed by atoms with Crippen LogP contribution in [0.3, 0.4) is 0 Å². The summed E-state index contributed by atoms with van der Waals surface area (Å²) < 4.78 is 7.55. The summed E-state index contributed by atoms with van der Waals surface area (Å²) >= 11 is 6.21. The number of hydrogen-bond acceptors (Lipinski definition) is 4. The van der Waals surface area contributed by atoms with Gasteiger partial charge in [-0.25, -0.2) is 0 Å². The van der Waals surface area contributed by atoms with Gasteiger partial charge in [0.1, 0.15) is 6.10 Å². The molecule has 2 aromatic carbocycles. The van der Waals surface area contributed by atoms with Crippen LogP contribution in [0.2, 0.25) is 5.02 Å². The molecule has 9 heteroatoms. The van der Waals surface area contributed by atoms with Gasteiger partial charge < -0.3 is 14.8 Å². The van der Waals surface area contributed by atoms with Gasteiger partial charge in [0.25, 0.3) is 12.2 Å². The lowest BCUT2D eigenvalue weighted by Gasteiger charge is -2.36. The van der Waals surface area contributed by atoms with E-state index >= 15 is 0 Å². The quantitative estimate of drug-likeness (QED) is 0.129. The van der Waals surface area contributed by atoms with E-state index < -0.39 is 0 Å². The molecule has 1 amide bonds. The molecule has 3 aromatic rings. The van der Waals surface area contributed by atoms with E-state index in [0.717, 1.165) is 42.6 Å². The molecular formula is C28H31ClN5O3+. The van der Waals surface area contributed by atoms with E-state index in [9.17, 15) is 10.0 Å². The average Bonchev–Trinajstić information content (AvgIpc) is 2.88. The van der Waals surface area contributed by atoms with Crippen molar-refractivity contribution in [1.29, 1.82) is 0 Å². The molecule has 192 valence electrons. The van der Waals surface area contributed by atoms with E-state index in [1.54, 1.807) is 18.2 Å². The molecule has 8 nitrogen and oxygen atoms in total. The summed E-state index contributed by atoms with van der Waals surface area (Å²) in [6.07, 6.45) is 5.76. The van der Waals surface area contributed by atoms with Crippen LogP contribution in [0, 0.1) is 5.21 Å². The number of likely N-dealkylation sites (tertiary alicyclic amines) is 1. The van der Waals surface area contributed by atoms with Gasteiger partial charge in [-0.05, 0) is 54.2 Å². The molecule has 1 unspecified atom stereocenters. The second kappa shape index (κ2) is 10.8. The van der Waals surface area contributed by atoms with Crippen LogP contribution in [0.15, 0.2) is 60.8 Å². The molecule has 4 N–H and O–H groups in total. The predicted molar refractivity (Wildman–Crippen MR) is 142 cm³/mol. The lowest BCUT2D eigenvalue weighted by atomic mass is 9.88. The number of carbonyl (C=O) groups excluding carboxylic acids is 1. The van der Waals surface area contributed by atoms with Crippen LogP contribution < -0.4 is 16.3 Å². The van der Waals surface area contributed by atoms with Crippen LogP contribution >= 0.6 is 11.6 Å². The van der Waals surface area contributed by atoms with Crippen LogP contribution in [-0.2, 0) is 16.0 Å². The largest absolute Gasteiger partial charge is 0.618 e. The molecule has 0 aliphatic carbocycles. The number of benzene rings is 2. The highest BCUT2D eigenvalue weighted by molar-refractivity contribution is 6.31. The number of nitrogens with zero attached hydrogens (tertiary/aromatic N) is 3. The molecule has 2 fully saturated rings. The van der Waals surface area contributed by atoms with Gasteiger partial charge in [0.2, 0.25) is 0 Å². The van der Waals surface area contributed by atoms with Crippen LogP contribution in [0.4, 0.5) is 5.69 Å². The van der Waals surface area contributed by atoms with Crippen molar-refractivity contribution >= 4 is 29.5 Å². The standard InChI is InChI=1S/C28H30ClN5O3/c29-23-5-7-26(33(31)18-30)25(16-23)22-4-6-24(34(36)17-22)15-19-2-1-3-21(14-19)20-8-11-32(12-9-20)28(35)27-10-13-37-27/h1-7,14,16-18,20,27,30H,8-13,15,31H2/p+1. The summed E-state index contributed by atoms with van der Waals surface area (Å²) in [5, 5.41) is 13.5. The molecule has 0 bridgehead atoms. The minimum atomic E-state index is -0.233. The van der Waals surface area contributed by atoms with E-state index in [4.69, 9.17) is 27.9 Å². The van der Waals surface area contributed by atoms with Crippen molar-refractivity contribution in [3.8, 4) is 11.1 Å². The lowest BCUT2D eigenvalue weighted by Crippen LogP contribution is -2.48.